The first-order valence-corrected chi connectivity index (χ1v) is 14.4. The fraction of sp³-hybridized carbons (Fsp3) is 0.154. The van der Waals surface area contributed by atoms with Gasteiger partial charge in [-0.25, -0.2) is 0 Å². The van der Waals surface area contributed by atoms with E-state index in [1.165, 1.54) is 33.4 Å². The lowest BCUT2D eigenvalue weighted by Gasteiger charge is -2.51. The van der Waals surface area contributed by atoms with E-state index in [9.17, 15) is 5.26 Å². The minimum absolute atomic E-state index is 0.331. The van der Waals surface area contributed by atoms with Gasteiger partial charge < -0.3 is 4.74 Å². The Labute approximate surface area is 241 Å². The van der Waals surface area contributed by atoms with Gasteiger partial charge in [-0.15, -0.1) is 0 Å². The van der Waals surface area contributed by atoms with Crippen molar-refractivity contribution in [3.8, 4) is 34.1 Å². The van der Waals surface area contributed by atoms with Crippen molar-refractivity contribution in [3.63, 3.8) is 0 Å². The zero-order chi connectivity index (χ0) is 27.6. The number of hydrogen-bond donors (Lipinski definition) is 0. The van der Waals surface area contributed by atoms with Gasteiger partial charge in [-0.2, -0.15) is 5.26 Å². The van der Waals surface area contributed by atoms with Gasteiger partial charge in [0.05, 0.1) is 17.0 Å². The number of rotatable bonds is 2. The standard InChI is InChI=1S/C39H29NO/c1-38-21-7-6-18-37(38)39(33-16-4-2-14-31(33)32-15-3-5-17-34(32)39)35-20-19-30(24-36(35)41-38)29-13-9-12-28(23-29)27-11-8-10-26(22-27)25-40/h2-4,6-16,18-20,22-24H,5,17,21H2,1H3. The van der Waals surface area contributed by atoms with Crippen LogP contribution in [0.5, 0.6) is 5.75 Å². The van der Waals surface area contributed by atoms with Crippen LogP contribution in [0, 0.1) is 11.3 Å². The van der Waals surface area contributed by atoms with Gasteiger partial charge in [0.25, 0.3) is 0 Å². The van der Waals surface area contributed by atoms with Crippen LogP contribution in [-0.2, 0) is 5.41 Å². The van der Waals surface area contributed by atoms with Gasteiger partial charge in [0.1, 0.15) is 11.4 Å². The molecule has 1 aliphatic heterocycles. The molecule has 41 heavy (non-hydrogen) atoms. The molecule has 0 bridgehead atoms. The molecule has 1 heterocycles. The monoisotopic (exact) mass is 527 g/mol. The van der Waals surface area contributed by atoms with Gasteiger partial charge >= 0.3 is 0 Å². The van der Waals surface area contributed by atoms with Crippen molar-refractivity contribution in [2.24, 2.45) is 0 Å². The third-order valence-electron chi connectivity index (χ3n) is 9.37. The second kappa shape index (κ2) is 8.82. The number of nitriles is 1. The largest absolute Gasteiger partial charge is 0.482 e. The molecule has 0 aromatic heterocycles. The van der Waals surface area contributed by atoms with Crippen LogP contribution in [0.25, 0.3) is 27.8 Å². The maximum Gasteiger partial charge on any atom is 0.132 e. The van der Waals surface area contributed by atoms with Crippen LogP contribution in [-0.4, -0.2) is 5.60 Å². The van der Waals surface area contributed by atoms with Gasteiger partial charge in [-0.1, -0.05) is 97.1 Å². The van der Waals surface area contributed by atoms with E-state index in [1.54, 1.807) is 0 Å². The SMILES string of the molecule is CC12CC=CC=C1C1(C3=C(C=CCC3)c3ccccc31)c1ccc(-c3cccc(-c4cccc(C#N)c4)c3)cc1O2. The number of nitrogens with zero attached hydrogens (tertiary/aromatic N) is 1. The van der Waals surface area contributed by atoms with Gasteiger partial charge in [0, 0.05) is 12.0 Å². The smallest absolute Gasteiger partial charge is 0.132 e. The first-order valence-electron chi connectivity index (χ1n) is 14.4. The van der Waals surface area contributed by atoms with Gasteiger partial charge in [-0.05, 0) is 94.1 Å². The van der Waals surface area contributed by atoms with Crippen LogP contribution in [0.3, 0.4) is 0 Å². The predicted octanol–water partition coefficient (Wildman–Crippen LogP) is 9.33. The van der Waals surface area contributed by atoms with Crippen molar-refractivity contribution in [3.05, 3.63) is 155 Å². The number of fused-ring (bicyclic) bond motifs is 8. The normalized spacial score (nSPS) is 23.2. The zero-order valence-electron chi connectivity index (χ0n) is 23.0. The average Bonchev–Trinajstić information content (AvgIpc) is 3.31. The summed E-state index contributed by atoms with van der Waals surface area (Å²) >= 11 is 0. The van der Waals surface area contributed by atoms with E-state index in [2.05, 4.69) is 116 Å². The van der Waals surface area contributed by atoms with Gasteiger partial charge in [0.2, 0.25) is 0 Å². The molecule has 0 amide bonds. The fourth-order valence-corrected chi connectivity index (χ4v) is 7.62. The molecule has 196 valence electrons. The number of hydrogen-bond acceptors (Lipinski definition) is 2. The molecule has 8 rings (SSSR count). The summed E-state index contributed by atoms with van der Waals surface area (Å²) in [6, 6.07) is 34.5. The van der Waals surface area contributed by atoms with Gasteiger partial charge in [0.15, 0.2) is 0 Å². The van der Waals surface area contributed by atoms with E-state index in [0.717, 1.165) is 47.3 Å². The van der Waals surface area contributed by atoms with Crippen LogP contribution in [0.15, 0.2) is 133 Å². The summed E-state index contributed by atoms with van der Waals surface area (Å²) in [5.41, 5.74) is 12.5. The summed E-state index contributed by atoms with van der Waals surface area (Å²) in [4.78, 5) is 0. The molecular formula is C39H29NO. The summed E-state index contributed by atoms with van der Waals surface area (Å²) in [5.74, 6) is 0.965. The molecule has 3 aliphatic carbocycles. The van der Waals surface area contributed by atoms with Crippen molar-refractivity contribution in [2.75, 3.05) is 0 Å². The Morgan fingerprint density at radius 2 is 1.56 bits per heavy atom. The summed E-state index contributed by atoms with van der Waals surface area (Å²) in [7, 11) is 0. The van der Waals surface area contributed by atoms with Crippen molar-refractivity contribution < 1.29 is 4.74 Å². The summed E-state index contributed by atoms with van der Waals surface area (Å²) in [6.45, 7) is 2.27. The fourth-order valence-electron chi connectivity index (χ4n) is 7.62. The Balaban J connectivity index is 1.34. The highest BCUT2D eigenvalue weighted by Crippen LogP contribution is 2.64. The minimum Gasteiger partial charge on any atom is -0.482 e. The average molecular weight is 528 g/mol. The lowest BCUT2D eigenvalue weighted by molar-refractivity contribution is 0.101. The Hall–Kier alpha value is -4.87. The highest BCUT2D eigenvalue weighted by Gasteiger charge is 2.58. The molecule has 2 atom stereocenters. The molecule has 0 N–H and O–H groups in total. The van der Waals surface area contributed by atoms with E-state index in [4.69, 9.17) is 4.74 Å². The quantitative estimate of drug-likeness (QED) is 0.260. The molecule has 4 aliphatic rings. The molecule has 0 saturated heterocycles. The molecule has 4 aromatic rings. The molecule has 1 spiro atoms. The van der Waals surface area contributed by atoms with Crippen LogP contribution in [0.1, 0.15) is 48.4 Å². The Bertz CT molecular complexity index is 1930. The first-order chi connectivity index (χ1) is 20.1. The maximum absolute atomic E-state index is 9.40. The second-order valence-electron chi connectivity index (χ2n) is 11.7. The molecule has 2 unspecified atom stereocenters. The highest BCUT2D eigenvalue weighted by atomic mass is 16.5. The van der Waals surface area contributed by atoms with E-state index in [1.807, 2.05) is 18.2 Å². The Morgan fingerprint density at radius 3 is 2.41 bits per heavy atom. The van der Waals surface area contributed by atoms with Crippen molar-refractivity contribution in [2.45, 2.75) is 37.2 Å². The molecule has 0 radical (unpaired) electrons. The van der Waals surface area contributed by atoms with Crippen LogP contribution in [0.2, 0.25) is 0 Å². The number of allylic oxidation sites excluding steroid dienone is 6. The maximum atomic E-state index is 9.40. The molecular weight excluding hydrogens is 498 g/mol. The predicted molar refractivity (Wildman–Crippen MR) is 165 cm³/mol. The van der Waals surface area contributed by atoms with E-state index < -0.39 is 5.60 Å². The topological polar surface area (TPSA) is 33.0 Å². The Morgan fingerprint density at radius 1 is 0.780 bits per heavy atom. The first kappa shape index (κ1) is 24.0. The van der Waals surface area contributed by atoms with E-state index >= 15 is 0 Å². The molecule has 4 aromatic carbocycles. The molecule has 2 nitrogen and oxygen atoms in total. The van der Waals surface area contributed by atoms with E-state index in [-0.39, 0.29) is 5.41 Å². The van der Waals surface area contributed by atoms with E-state index in [0.29, 0.717) is 5.56 Å². The van der Waals surface area contributed by atoms with Crippen molar-refractivity contribution in [1.82, 2.24) is 0 Å². The zero-order valence-corrected chi connectivity index (χ0v) is 23.0. The van der Waals surface area contributed by atoms with Crippen molar-refractivity contribution >= 4 is 5.57 Å². The summed E-state index contributed by atoms with van der Waals surface area (Å²) < 4.78 is 7.02. The van der Waals surface area contributed by atoms with Crippen LogP contribution < -0.4 is 4.74 Å². The van der Waals surface area contributed by atoms with Crippen LogP contribution in [0.4, 0.5) is 0 Å². The van der Waals surface area contributed by atoms with Gasteiger partial charge in [-0.3, -0.25) is 0 Å². The second-order valence-corrected chi connectivity index (χ2v) is 11.7. The number of ether oxygens (including phenoxy) is 1. The van der Waals surface area contributed by atoms with Crippen LogP contribution >= 0.6 is 0 Å². The molecule has 0 fully saturated rings. The summed E-state index contributed by atoms with van der Waals surface area (Å²) in [6.07, 6.45) is 14.4. The highest BCUT2D eigenvalue weighted by molar-refractivity contribution is 5.92. The molecule has 0 saturated carbocycles. The minimum atomic E-state index is -0.434. The Kier molecular flexibility index (Phi) is 5.15. The third kappa shape index (κ3) is 3.36. The molecule has 2 heteroatoms. The third-order valence-corrected chi connectivity index (χ3v) is 9.37. The van der Waals surface area contributed by atoms with Crippen molar-refractivity contribution in [1.29, 1.82) is 5.26 Å². The summed E-state index contributed by atoms with van der Waals surface area (Å²) in [5, 5.41) is 9.40. The lowest BCUT2D eigenvalue weighted by atomic mass is 9.58. The number of benzene rings is 4. The lowest BCUT2D eigenvalue weighted by Crippen LogP contribution is -2.50.